The Bertz CT molecular complexity index is 948. The molecule has 0 fully saturated rings. The molecule has 0 aliphatic carbocycles. The third-order valence-electron chi connectivity index (χ3n) is 4.57. The number of nitrogens with zero attached hydrogens (tertiary/aromatic N) is 2. The maximum atomic E-state index is 12.7. The van der Waals surface area contributed by atoms with Crippen LogP contribution in [-0.2, 0) is 11.2 Å². The van der Waals surface area contributed by atoms with E-state index in [0.717, 1.165) is 28.8 Å². The van der Waals surface area contributed by atoms with Crippen LogP contribution in [0, 0.1) is 6.92 Å². The molecule has 1 aliphatic rings. The number of aromatic nitrogens is 2. The van der Waals surface area contributed by atoms with Gasteiger partial charge >= 0.3 is 5.97 Å². The van der Waals surface area contributed by atoms with Crippen LogP contribution in [0.25, 0.3) is 5.69 Å². The first-order valence-corrected chi connectivity index (χ1v) is 8.67. The molecule has 5 heteroatoms. The zero-order chi connectivity index (χ0) is 18.1. The quantitative estimate of drug-likeness (QED) is 0.668. The Kier molecular flexibility index (Phi) is 4.21. The molecule has 0 saturated heterocycles. The summed E-state index contributed by atoms with van der Waals surface area (Å²) in [5, 5.41) is 0. The zero-order valence-corrected chi connectivity index (χ0v) is 14.8. The smallest absolute Gasteiger partial charge is 0.342 e. The number of carbonyl (C=O) groups is 1. The molecular formula is C21H20N2O3. The Morgan fingerprint density at radius 1 is 1.31 bits per heavy atom. The molecule has 132 valence electrons. The number of imidazole rings is 1. The minimum absolute atomic E-state index is 0.354. The van der Waals surface area contributed by atoms with Gasteiger partial charge in [-0.2, -0.15) is 0 Å². The number of hydrogen-bond acceptors (Lipinski definition) is 4. The molecule has 0 bridgehead atoms. The van der Waals surface area contributed by atoms with Crippen molar-refractivity contribution in [3.8, 4) is 11.4 Å². The molecular weight excluding hydrogens is 328 g/mol. The van der Waals surface area contributed by atoms with Crippen LogP contribution < -0.4 is 4.74 Å². The highest BCUT2D eigenvalue weighted by Gasteiger charge is 2.24. The van der Waals surface area contributed by atoms with Crippen molar-refractivity contribution in [2.24, 2.45) is 0 Å². The molecule has 0 N–H and O–H groups in total. The Morgan fingerprint density at radius 3 is 3.00 bits per heavy atom. The number of esters is 1. The van der Waals surface area contributed by atoms with Crippen LogP contribution in [0.1, 0.15) is 40.1 Å². The molecule has 0 radical (unpaired) electrons. The molecule has 1 atom stereocenters. The molecule has 1 aliphatic heterocycles. The van der Waals surface area contributed by atoms with Gasteiger partial charge in [0.2, 0.25) is 0 Å². The average Bonchev–Trinajstić information content (AvgIpc) is 3.32. The Morgan fingerprint density at radius 2 is 2.19 bits per heavy atom. The Hall–Kier alpha value is -3.08. The first-order chi connectivity index (χ1) is 12.6. The fourth-order valence-corrected chi connectivity index (χ4v) is 3.26. The van der Waals surface area contributed by atoms with Gasteiger partial charge in [-0.25, -0.2) is 9.78 Å². The van der Waals surface area contributed by atoms with Crippen LogP contribution in [0.4, 0.5) is 0 Å². The largest absolute Gasteiger partial charge is 0.492 e. The molecule has 0 saturated carbocycles. The van der Waals surface area contributed by atoms with Crippen LogP contribution in [0.3, 0.4) is 0 Å². The van der Waals surface area contributed by atoms with E-state index in [1.807, 2.05) is 54.9 Å². The number of benzene rings is 2. The van der Waals surface area contributed by atoms with Crippen molar-refractivity contribution in [3.05, 3.63) is 77.4 Å². The third-order valence-corrected chi connectivity index (χ3v) is 4.57. The van der Waals surface area contributed by atoms with Crippen LogP contribution in [0.2, 0.25) is 0 Å². The molecule has 26 heavy (non-hydrogen) atoms. The lowest BCUT2D eigenvalue weighted by Gasteiger charge is -2.16. The van der Waals surface area contributed by atoms with Gasteiger partial charge in [-0.3, -0.25) is 0 Å². The molecule has 1 unspecified atom stereocenters. The van der Waals surface area contributed by atoms with Crippen LogP contribution in [0.15, 0.2) is 55.1 Å². The lowest BCUT2D eigenvalue weighted by atomic mass is 10.0. The first kappa shape index (κ1) is 16.4. The van der Waals surface area contributed by atoms with E-state index in [1.165, 1.54) is 0 Å². The van der Waals surface area contributed by atoms with E-state index < -0.39 is 0 Å². The first-order valence-electron chi connectivity index (χ1n) is 8.67. The third kappa shape index (κ3) is 3.08. The normalized spacial score (nSPS) is 13.8. The van der Waals surface area contributed by atoms with Crippen molar-refractivity contribution in [2.45, 2.75) is 26.4 Å². The topological polar surface area (TPSA) is 53.4 Å². The average molecular weight is 348 g/mol. The summed E-state index contributed by atoms with van der Waals surface area (Å²) in [5.74, 6) is 0.312. The monoisotopic (exact) mass is 348 g/mol. The fraction of sp³-hybridized carbons (Fsp3) is 0.238. The number of aryl methyl sites for hydroxylation is 1. The van der Waals surface area contributed by atoms with Crippen molar-refractivity contribution in [1.29, 1.82) is 0 Å². The Labute approximate surface area is 152 Å². The van der Waals surface area contributed by atoms with Gasteiger partial charge in [0.05, 0.1) is 12.9 Å². The summed E-state index contributed by atoms with van der Waals surface area (Å²) in [6, 6.07) is 11.8. The summed E-state index contributed by atoms with van der Waals surface area (Å²) >= 11 is 0. The van der Waals surface area contributed by atoms with Crippen LogP contribution >= 0.6 is 0 Å². The number of fused-ring (bicyclic) bond motifs is 1. The maximum absolute atomic E-state index is 12.7. The van der Waals surface area contributed by atoms with E-state index in [-0.39, 0.29) is 12.1 Å². The second kappa shape index (κ2) is 6.67. The number of carbonyl (C=O) groups excluding carboxylic acids is 1. The number of hydrogen-bond donors (Lipinski definition) is 0. The van der Waals surface area contributed by atoms with Crippen molar-refractivity contribution >= 4 is 5.97 Å². The number of ether oxygens (including phenoxy) is 2. The van der Waals surface area contributed by atoms with Gasteiger partial charge in [0.1, 0.15) is 17.4 Å². The summed E-state index contributed by atoms with van der Waals surface area (Å²) in [6.07, 6.45) is 5.81. The summed E-state index contributed by atoms with van der Waals surface area (Å²) in [5.41, 5.74) is 4.52. The fourth-order valence-electron chi connectivity index (χ4n) is 3.26. The van der Waals surface area contributed by atoms with Crippen molar-refractivity contribution < 1.29 is 14.3 Å². The molecule has 2 aromatic carbocycles. The van der Waals surface area contributed by atoms with Gasteiger partial charge in [-0.15, -0.1) is 0 Å². The maximum Gasteiger partial charge on any atom is 0.342 e. The van der Waals surface area contributed by atoms with E-state index in [2.05, 4.69) is 11.1 Å². The Balaban J connectivity index is 1.57. The second-order valence-electron chi connectivity index (χ2n) is 6.51. The highest BCUT2D eigenvalue weighted by molar-refractivity contribution is 5.93. The van der Waals surface area contributed by atoms with E-state index in [9.17, 15) is 4.79 Å². The molecule has 1 aromatic heterocycles. The van der Waals surface area contributed by atoms with Crippen molar-refractivity contribution in [3.63, 3.8) is 0 Å². The SMILES string of the molecule is Cc1cc2c(c(C(=O)OC(C)c3cccc(-n4ccnc4)c3)c1)OCC2. The van der Waals surface area contributed by atoms with Crippen LogP contribution in [-0.4, -0.2) is 22.1 Å². The lowest BCUT2D eigenvalue weighted by molar-refractivity contribution is 0.0334. The standard InChI is InChI=1S/C21H20N2O3/c1-14-10-17-6-9-25-20(17)19(11-14)21(24)26-15(2)16-4-3-5-18(12-16)23-8-7-22-13-23/h3-5,7-8,10-13,15H,6,9H2,1-2H3. The van der Waals surface area contributed by atoms with E-state index in [1.54, 1.807) is 12.5 Å². The van der Waals surface area contributed by atoms with Gasteiger partial charge in [-0.05, 0) is 48.7 Å². The minimum Gasteiger partial charge on any atom is -0.492 e. The van der Waals surface area contributed by atoms with Gasteiger partial charge < -0.3 is 14.0 Å². The molecule has 3 aromatic rings. The summed E-state index contributed by atoms with van der Waals surface area (Å²) < 4.78 is 13.3. The predicted octanol–water partition coefficient (Wildman–Crippen LogP) is 4.03. The molecule has 0 spiro atoms. The van der Waals surface area contributed by atoms with Gasteiger partial charge in [0, 0.05) is 24.5 Å². The van der Waals surface area contributed by atoms with Crippen LogP contribution in [0.5, 0.6) is 5.75 Å². The number of rotatable bonds is 4. The molecule has 2 heterocycles. The summed E-state index contributed by atoms with van der Waals surface area (Å²) in [7, 11) is 0. The van der Waals surface area contributed by atoms with Crippen molar-refractivity contribution in [1.82, 2.24) is 9.55 Å². The molecule has 4 rings (SSSR count). The zero-order valence-electron chi connectivity index (χ0n) is 14.8. The highest BCUT2D eigenvalue weighted by Crippen LogP contribution is 2.32. The van der Waals surface area contributed by atoms with Gasteiger partial charge in [0.25, 0.3) is 0 Å². The van der Waals surface area contributed by atoms with E-state index in [4.69, 9.17) is 9.47 Å². The molecule has 0 amide bonds. The van der Waals surface area contributed by atoms with E-state index >= 15 is 0 Å². The summed E-state index contributed by atoms with van der Waals surface area (Å²) in [4.78, 5) is 16.8. The molecule has 5 nitrogen and oxygen atoms in total. The lowest BCUT2D eigenvalue weighted by Crippen LogP contribution is -2.11. The van der Waals surface area contributed by atoms with Gasteiger partial charge in [0.15, 0.2) is 0 Å². The second-order valence-corrected chi connectivity index (χ2v) is 6.51. The highest BCUT2D eigenvalue weighted by atomic mass is 16.5. The van der Waals surface area contributed by atoms with E-state index in [0.29, 0.717) is 17.9 Å². The minimum atomic E-state index is -0.372. The summed E-state index contributed by atoms with van der Waals surface area (Å²) in [6.45, 7) is 4.47. The predicted molar refractivity (Wildman–Crippen MR) is 97.8 cm³/mol. The van der Waals surface area contributed by atoms with Gasteiger partial charge in [-0.1, -0.05) is 18.2 Å². The van der Waals surface area contributed by atoms with Crippen molar-refractivity contribution in [2.75, 3.05) is 6.61 Å².